The Bertz CT molecular complexity index is 776. The van der Waals surface area contributed by atoms with Crippen LogP contribution in [0.3, 0.4) is 0 Å². The fourth-order valence-corrected chi connectivity index (χ4v) is 5.24. The normalized spacial score (nSPS) is 26.3. The van der Waals surface area contributed by atoms with Crippen LogP contribution in [0.15, 0.2) is 30.3 Å². The van der Waals surface area contributed by atoms with Crippen LogP contribution in [-0.4, -0.2) is 77.5 Å². The lowest BCUT2D eigenvalue weighted by Crippen LogP contribution is -2.56. The molecule has 162 valence electrons. The summed E-state index contributed by atoms with van der Waals surface area (Å²) in [7, 11) is 0. The maximum atomic E-state index is 13.5. The summed E-state index contributed by atoms with van der Waals surface area (Å²) in [5, 5.41) is 0. The molecule has 1 aromatic carbocycles. The SMILES string of the molecule is CCOC(=O)N1CCN(C(=O)C2CC3CCCCC3N2C(=O)c2ccccc2)CC1. The third-order valence-electron chi connectivity index (χ3n) is 6.75. The summed E-state index contributed by atoms with van der Waals surface area (Å²) >= 11 is 0. The van der Waals surface area contributed by atoms with Crippen LogP contribution in [0.25, 0.3) is 0 Å². The number of carbonyl (C=O) groups excluding carboxylic acids is 3. The molecule has 7 heteroatoms. The number of hydrogen-bond acceptors (Lipinski definition) is 4. The molecule has 1 saturated carbocycles. The molecule has 3 fully saturated rings. The van der Waals surface area contributed by atoms with E-state index in [1.165, 1.54) is 6.42 Å². The number of piperazine rings is 1. The van der Waals surface area contributed by atoms with Crippen LogP contribution in [0.1, 0.15) is 49.4 Å². The molecule has 0 bridgehead atoms. The Labute approximate surface area is 177 Å². The van der Waals surface area contributed by atoms with E-state index in [1.807, 2.05) is 40.1 Å². The molecule has 0 spiro atoms. The van der Waals surface area contributed by atoms with Gasteiger partial charge in [-0.3, -0.25) is 9.59 Å². The van der Waals surface area contributed by atoms with Crippen molar-refractivity contribution in [1.82, 2.24) is 14.7 Å². The van der Waals surface area contributed by atoms with E-state index in [1.54, 1.807) is 11.8 Å². The topological polar surface area (TPSA) is 70.2 Å². The van der Waals surface area contributed by atoms with E-state index in [0.29, 0.717) is 44.3 Å². The number of carbonyl (C=O) groups is 3. The summed E-state index contributed by atoms with van der Waals surface area (Å²) in [6.45, 7) is 4.04. The number of nitrogens with zero attached hydrogens (tertiary/aromatic N) is 3. The fourth-order valence-electron chi connectivity index (χ4n) is 5.24. The molecule has 3 aliphatic rings. The first-order chi connectivity index (χ1) is 14.6. The maximum absolute atomic E-state index is 13.5. The minimum atomic E-state index is -0.403. The Hall–Kier alpha value is -2.57. The number of amides is 3. The highest BCUT2D eigenvalue weighted by molar-refractivity contribution is 5.98. The smallest absolute Gasteiger partial charge is 0.409 e. The molecule has 2 saturated heterocycles. The van der Waals surface area contributed by atoms with Crippen LogP contribution in [0.5, 0.6) is 0 Å². The molecule has 2 heterocycles. The average Bonchev–Trinajstić information content (AvgIpc) is 3.18. The average molecular weight is 414 g/mol. The van der Waals surface area contributed by atoms with Gasteiger partial charge in [0.1, 0.15) is 6.04 Å². The standard InChI is InChI=1S/C23H31N3O4/c1-2-30-23(29)25-14-12-24(13-15-25)22(28)20-16-18-10-6-7-11-19(18)26(20)21(27)17-8-4-3-5-9-17/h3-5,8-9,18-20H,2,6-7,10-16H2,1H3. The molecule has 4 rings (SSSR count). The largest absolute Gasteiger partial charge is 0.450 e. The van der Waals surface area contributed by atoms with Crippen LogP contribution in [-0.2, 0) is 9.53 Å². The number of hydrogen-bond donors (Lipinski definition) is 0. The molecule has 0 aromatic heterocycles. The Kier molecular flexibility index (Phi) is 6.25. The van der Waals surface area contributed by atoms with Gasteiger partial charge in [-0.25, -0.2) is 4.79 Å². The van der Waals surface area contributed by atoms with Crippen molar-refractivity contribution >= 4 is 17.9 Å². The van der Waals surface area contributed by atoms with Crippen LogP contribution in [0.2, 0.25) is 0 Å². The second kappa shape index (κ2) is 9.06. The number of ether oxygens (including phenoxy) is 1. The van der Waals surface area contributed by atoms with Crippen molar-refractivity contribution in [3.05, 3.63) is 35.9 Å². The van der Waals surface area contributed by atoms with Gasteiger partial charge in [0.2, 0.25) is 5.91 Å². The van der Waals surface area contributed by atoms with Crippen molar-refractivity contribution in [2.75, 3.05) is 32.8 Å². The highest BCUT2D eigenvalue weighted by Gasteiger charge is 2.48. The lowest BCUT2D eigenvalue weighted by molar-refractivity contribution is -0.137. The van der Waals surface area contributed by atoms with Gasteiger partial charge >= 0.3 is 6.09 Å². The van der Waals surface area contributed by atoms with Gasteiger partial charge < -0.3 is 19.4 Å². The number of rotatable bonds is 3. The summed E-state index contributed by atoms with van der Waals surface area (Å²) < 4.78 is 5.07. The van der Waals surface area contributed by atoms with E-state index in [4.69, 9.17) is 4.74 Å². The summed E-state index contributed by atoms with van der Waals surface area (Å²) in [6, 6.07) is 9.05. The zero-order valence-electron chi connectivity index (χ0n) is 17.7. The highest BCUT2D eigenvalue weighted by Crippen LogP contribution is 2.41. The molecule has 7 nitrogen and oxygen atoms in total. The third kappa shape index (κ3) is 4.02. The number of benzene rings is 1. The Balaban J connectivity index is 1.49. The van der Waals surface area contributed by atoms with E-state index in [2.05, 4.69) is 0 Å². The molecular formula is C23H31N3O4. The Morgan fingerprint density at radius 1 is 0.967 bits per heavy atom. The summed E-state index contributed by atoms with van der Waals surface area (Å²) in [4.78, 5) is 44.2. The van der Waals surface area contributed by atoms with E-state index in [9.17, 15) is 14.4 Å². The second-order valence-electron chi connectivity index (χ2n) is 8.45. The van der Waals surface area contributed by atoms with Gasteiger partial charge in [-0.2, -0.15) is 0 Å². The van der Waals surface area contributed by atoms with Crippen LogP contribution in [0.4, 0.5) is 4.79 Å². The van der Waals surface area contributed by atoms with Gasteiger partial charge in [-0.05, 0) is 44.2 Å². The first-order valence-electron chi connectivity index (χ1n) is 11.2. The third-order valence-corrected chi connectivity index (χ3v) is 6.75. The minimum Gasteiger partial charge on any atom is -0.450 e. The predicted molar refractivity (Wildman–Crippen MR) is 112 cm³/mol. The monoisotopic (exact) mass is 413 g/mol. The van der Waals surface area contributed by atoms with Crippen molar-refractivity contribution in [1.29, 1.82) is 0 Å². The quantitative estimate of drug-likeness (QED) is 0.764. The van der Waals surface area contributed by atoms with E-state index in [0.717, 1.165) is 25.7 Å². The Morgan fingerprint density at radius 2 is 1.63 bits per heavy atom. The van der Waals surface area contributed by atoms with E-state index < -0.39 is 6.04 Å². The Morgan fingerprint density at radius 3 is 2.33 bits per heavy atom. The second-order valence-corrected chi connectivity index (χ2v) is 8.45. The molecule has 3 amide bonds. The minimum absolute atomic E-state index is 0.0252. The summed E-state index contributed by atoms with van der Waals surface area (Å²) in [6.07, 6.45) is 4.78. The molecular weight excluding hydrogens is 382 g/mol. The van der Waals surface area contributed by atoms with Gasteiger partial charge in [-0.1, -0.05) is 31.0 Å². The van der Waals surface area contributed by atoms with Gasteiger partial charge in [-0.15, -0.1) is 0 Å². The maximum Gasteiger partial charge on any atom is 0.409 e. The van der Waals surface area contributed by atoms with Crippen molar-refractivity contribution in [2.24, 2.45) is 5.92 Å². The first kappa shape index (κ1) is 20.7. The predicted octanol–water partition coefficient (Wildman–Crippen LogP) is 2.76. The molecule has 3 atom stereocenters. The number of fused-ring (bicyclic) bond motifs is 1. The molecule has 1 aromatic rings. The van der Waals surface area contributed by atoms with Gasteiger partial charge in [0.15, 0.2) is 0 Å². The van der Waals surface area contributed by atoms with Crippen LogP contribution >= 0.6 is 0 Å². The zero-order chi connectivity index (χ0) is 21.1. The molecule has 3 unspecified atom stereocenters. The van der Waals surface area contributed by atoms with Crippen molar-refractivity contribution in [3.8, 4) is 0 Å². The zero-order valence-corrected chi connectivity index (χ0v) is 17.7. The van der Waals surface area contributed by atoms with Gasteiger partial charge in [0, 0.05) is 37.8 Å². The van der Waals surface area contributed by atoms with E-state index >= 15 is 0 Å². The summed E-state index contributed by atoms with van der Waals surface area (Å²) in [5.41, 5.74) is 0.647. The first-order valence-corrected chi connectivity index (χ1v) is 11.2. The van der Waals surface area contributed by atoms with Crippen molar-refractivity contribution in [3.63, 3.8) is 0 Å². The van der Waals surface area contributed by atoms with Gasteiger partial charge in [0.05, 0.1) is 6.61 Å². The van der Waals surface area contributed by atoms with E-state index in [-0.39, 0.29) is 23.9 Å². The summed E-state index contributed by atoms with van der Waals surface area (Å²) in [5.74, 6) is 0.395. The van der Waals surface area contributed by atoms with Crippen molar-refractivity contribution in [2.45, 2.75) is 51.1 Å². The fraction of sp³-hybridized carbons (Fsp3) is 0.609. The highest BCUT2D eigenvalue weighted by atomic mass is 16.6. The molecule has 1 aliphatic carbocycles. The molecule has 0 radical (unpaired) electrons. The van der Waals surface area contributed by atoms with Crippen LogP contribution in [0, 0.1) is 5.92 Å². The van der Waals surface area contributed by atoms with Gasteiger partial charge in [0.25, 0.3) is 5.91 Å². The molecule has 0 N–H and O–H groups in total. The lowest BCUT2D eigenvalue weighted by atomic mass is 9.84. The lowest BCUT2D eigenvalue weighted by Gasteiger charge is -2.38. The van der Waals surface area contributed by atoms with Crippen molar-refractivity contribution < 1.29 is 19.1 Å². The number of likely N-dealkylation sites (tertiary alicyclic amines) is 1. The molecule has 2 aliphatic heterocycles. The van der Waals surface area contributed by atoms with Crippen LogP contribution < -0.4 is 0 Å². The molecule has 30 heavy (non-hydrogen) atoms.